The smallest absolute Gasteiger partial charge is 0.240 e. The Balaban J connectivity index is 1.96. The van der Waals surface area contributed by atoms with Crippen molar-refractivity contribution in [1.29, 1.82) is 0 Å². The molecule has 0 saturated heterocycles. The van der Waals surface area contributed by atoms with Crippen LogP contribution in [0.2, 0.25) is 0 Å². The van der Waals surface area contributed by atoms with E-state index in [1.807, 2.05) is 85.2 Å². The van der Waals surface area contributed by atoms with E-state index >= 15 is 0 Å². The normalized spacial score (nSPS) is 11.5. The number of para-hydroxylation sites is 2. The van der Waals surface area contributed by atoms with Gasteiger partial charge in [-0.2, -0.15) is 0 Å². The lowest BCUT2D eigenvalue weighted by Gasteiger charge is -2.10. The van der Waals surface area contributed by atoms with Gasteiger partial charge in [-0.3, -0.25) is 4.79 Å². The monoisotopic (exact) mass is 319 g/mol. The zero-order valence-corrected chi connectivity index (χ0v) is 13.9. The Morgan fingerprint density at radius 1 is 1.08 bits per heavy atom. The standard InChI is InChI=1S/C20H21N3O/c1-15(2)21-20(24)14-23-18-11-7-6-10-17(18)22-19(23)13-12-16-8-4-3-5-9-16/h3-13,15H,14H2,1-2H3,(H,21,24)/b13-12+. The Bertz CT molecular complexity index is 863. The summed E-state index contributed by atoms with van der Waals surface area (Å²) in [5.41, 5.74) is 2.95. The number of carbonyl (C=O) groups excluding carboxylic acids is 1. The first kappa shape index (κ1) is 16.0. The molecule has 3 rings (SSSR count). The molecule has 4 heteroatoms. The molecule has 4 nitrogen and oxygen atoms in total. The highest BCUT2D eigenvalue weighted by Crippen LogP contribution is 2.18. The molecule has 0 aliphatic heterocycles. The lowest BCUT2D eigenvalue weighted by atomic mass is 10.2. The fraction of sp³-hybridized carbons (Fsp3) is 0.200. The summed E-state index contributed by atoms with van der Waals surface area (Å²) in [5, 5.41) is 2.94. The maximum atomic E-state index is 12.2. The van der Waals surface area contributed by atoms with Crippen molar-refractivity contribution in [3.63, 3.8) is 0 Å². The molecule has 1 amide bonds. The van der Waals surface area contributed by atoms with Crippen LogP contribution in [0.25, 0.3) is 23.2 Å². The number of imidazole rings is 1. The van der Waals surface area contributed by atoms with Gasteiger partial charge in [0.1, 0.15) is 12.4 Å². The highest BCUT2D eigenvalue weighted by Gasteiger charge is 2.12. The third kappa shape index (κ3) is 3.71. The molecular formula is C20H21N3O. The maximum absolute atomic E-state index is 12.2. The van der Waals surface area contributed by atoms with Crippen LogP contribution < -0.4 is 5.32 Å². The summed E-state index contributed by atoms with van der Waals surface area (Å²) in [6.07, 6.45) is 3.97. The van der Waals surface area contributed by atoms with Crippen LogP contribution in [0.3, 0.4) is 0 Å². The topological polar surface area (TPSA) is 46.9 Å². The van der Waals surface area contributed by atoms with E-state index in [2.05, 4.69) is 10.3 Å². The molecule has 0 saturated carbocycles. The van der Waals surface area contributed by atoms with Crippen LogP contribution in [0.4, 0.5) is 0 Å². The number of hydrogen-bond donors (Lipinski definition) is 1. The number of carbonyl (C=O) groups is 1. The lowest BCUT2D eigenvalue weighted by molar-refractivity contribution is -0.122. The van der Waals surface area contributed by atoms with Crippen LogP contribution in [-0.2, 0) is 11.3 Å². The fourth-order valence-corrected chi connectivity index (χ4v) is 2.63. The van der Waals surface area contributed by atoms with E-state index in [0.29, 0.717) is 0 Å². The Morgan fingerprint density at radius 2 is 1.79 bits per heavy atom. The zero-order valence-electron chi connectivity index (χ0n) is 13.9. The molecule has 1 heterocycles. The molecule has 3 aromatic rings. The third-order valence-corrected chi connectivity index (χ3v) is 3.66. The largest absolute Gasteiger partial charge is 0.352 e. The highest BCUT2D eigenvalue weighted by atomic mass is 16.2. The molecule has 0 fully saturated rings. The summed E-state index contributed by atoms with van der Waals surface area (Å²) < 4.78 is 1.95. The van der Waals surface area contributed by atoms with Crippen molar-refractivity contribution in [3.05, 3.63) is 66.0 Å². The van der Waals surface area contributed by atoms with Crippen molar-refractivity contribution in [2.24, 2.45) is 0 Å². The first-order valence-electron chi connectivity index (χ1n) is 8.11. The summed E-state index contributed by atoms with van der Waals surface area (Å²) in [6.45, 7) is 4.17. The molecule has 0 aliphatic carbocycles. The first-order valence-corrected chi connectivity index (χ1v) is 8.11. The van der Waals surface area contributed by atoms with E-state index in [4.69, 9.17) is 0 Å². The minimum atomic E-state index is -0.0116. The summed E-state index contributed by atoms with van der Waals surface area (Å²) in [6, 6.07) is 18.1. The molecular weight excluding hydrogens is 298 g/mol. The number of rotatable bonds is 5. The van der Waals surface area contributed by atoms with Crippen molar-refractivity contribution in [2.75, 3.05) is 0 Å². The Morgan fingerprint density at radius 3 is 2.54 bits per heavy atom. The van der Waals surface area contributed by atoms with E-state index < -0.39 is 0 Å². The fourth-order valence-electron chi connectivity index (χ4n) is 2.63. The second-order valence-corrected chi connectivity index (χ2v) is 6.01. The van der Waals surface area contributed by atoms with Gasteiger partial charge in [-0.25, -0.2) is 4.98 Å². The average molecular weight is 319 g/mol. The maximum Gasteiger partial charge on any atom is 0.240 e. The van der Waals surface area contributed by atoms with Gasteiger partial charge in [0, 0.05) is 6.04 Å². The van der Waals surface area contributed by atoms with Crippen molar-refractivity contribution in [2.45, 2.75) is 26.4 Å². The molecule has 0 radical (unpaired) electrons. The zero-order chi connectivity index (χ0) is 16.9. The Kier molecular flexibility index (Phi) is 4.75. The Labute approximate surface area is 141 Å². The van der Waals surface area contributed by atoms with Crippen LogP contribution in [0.5, 0.6) is 0 Å². The predicted octanol–water partition coefficient (Wildman–Crippen LogP) is 3.73. The average Bonchev–Trinajstić information content (AvgIpc) is 2.91. The molecule has 2 aromatic carbocycles. The van der Waals surface area contributed by atoms with Gasteiger partial charge in [-0.1, -0.05) is 48.5 Å². The predicted molar refractivity (Wildman–Crippen MR) is 98.4 cm³/mol. The summed E-state index contributed by atoms with van der Waals surface area (Å²) >= 11 is 0. The van der Waals surface area contributed by atoms with Crippen LogP contribution in [0, 0.1) is 0 Å². The van der Waals surface area contributed by atoms with Crippen LogP contribution in [0.1, 0.15) is 25.2 Å². The number of hydrogen-bond acceptors (Lipinski definition) is 2. The van der Waals surface area contributed by atoms with Crippen molar-refractivity contribution >= 4 is 29.1 Å². The van der Waals surface area contributed by atoms with Crippen LogP contribution >= 0.6 is 0 Å². The minimum Gasteiger partial charge on any atom is -0.352 e. The van der Waals surface area contributed by atoms with Gasteiger partial charge in [-0.15, -0.1) is 0 Å². The summed E-state index contributed by atoms with van der Waals surface area (Å²) in [5.74, 6) is 0.765. The van der Waals surface area contributed by atoms with Crippen molar-refractivity contribution < 1.29 is 4.79 Å². The molecule has 1 aromatic heterocycles. The van der Waals surface area contributed by atoms with Crippen LogP contribution in [-0.4, -0.2) is 21.5 Å². The van der Waals surface area contributed by atoms with Gasteiger partial charge < -0.3 is 9.88 Å². The lowest BCUT2D eigenvalue weighted by Crippen LogP contribution is -2.33. The number of nitrogens with zero attached hydrogens (tertiary/aromatic N) is 2. The molecule has 0 aliphatic rings. The number of amides is 1. The van der Waals surface area contributed by atoms with Gasteiger partial charge in [0.15, 0.2) is 0 Å². The second-order valence-electron chi connectivity index (χ2n) is 6.01. The minimum absolute atomic E-state index is 0.0116. The van der Waals surface area contributed by atoms with Crippen LogP contribution in [0.15, 0.2) is 54.6 Å². The van der Waals surface area contributed by atoms with Gasteiger partial charge in [-0.05, 0) is 37.6 Å². The number of benzene rings is 2. The van der Waals surface area contributed by atoms with E-state index in [1.165, 1.54) is 0 Å². The SMILES string of the molecule is CC(C)NC(=O)Cn1c(/C=C/c2ccccc2)nc2ccccc21. The molecule has 122 valence electrons. The van der Waals surface area contributed by atoms with Gasteiger partial charge in [0.2, 0.25) is 5.91 Å². The molecule has 0 atom stereocenters. The van der Waals surface area contributed by atoms with E-state index in [1.54, 1.807) is 0 Å². The highest BCUT2D eigenvalue weighted by molar-refractivity contribution is 5.83. The summed E-state index contributed by atoms with van der Waals surface area (Å²) in [4.78, 5) is 16.9. The van der Waals surface area contributed by atoms with Crippen molar-refractivity contribution in [3.8, 4) is 0 Å². The van der Waals surface area contributed by atoms with E-state index in [9.17, 15) is 4.79 Å². The third-order valence-electron chi connectivity index (χ3n) is 3.66. The molecule has 0 unspecified atom stereocenters. The second kappa shape index (κ2) is 7.13. The first-order chi connectivity index (χ1) is 11.6. The van der Waals surface area contributed by atoms with Crippen molar-refractivity contribution in [1.82, 2.24) is 14.9 Å². The number of fused-ring (bicyclic) bond motifs is 1. The molecule has 24 heavy (non-hydrogen) atoms. The molecule has 0 bridgehead atoms. The van der Waals surface area contributed by atoms with Gasteiger partial charge in [0.05, 0.1) is 11.0 Å². The van der Waals surface area contributed by atoms with Gasteiger partial charge >= 0.3 is 0 Å². The van der Waals surface area contributed by atoms with E-state index in [0.717, 1.165) is 22.4 Å². The Hall–Kier alpha value is -2.88. The summed E-state index contributed by atoms with van der Waals surface area (Å²) in [7, 11) is 0. The number of aromatic nitrogens is 2. The molecule has 1 N–H and O–H groups in total. The quantitative estimate of drug-likeness (QED) is 0.779. The number of nitrogens with one attached hydrogen (secondary N) is 1. The van der Waals surface area contributed by atoms with E-state index in [-0.39, 0.29) is 18.5 Å². The molecule has 0 spiro atoms. The van der Waals surface area contributed by atoms with Gasteiger partial charge in [0.25, 0.3) is 0 Å².